The van der Waals surface area contributed by atoms with Crippen LogP contribution >= 0.6 is 27.7 Å². The number of hydrogen-bond acceptors (Lipinski definition) is 5. The average molecular weight is 340 g/mol. The van der Waals surface area contributed by atoms with Gasteiger partial charge in [0.2, 0.25) is 5.88 Å². The lowest BCUT2D eigenvalue weighted by Gasteiger charge is -2.09. The molecule has 2 rings (SSSR count). The molecule has 2 aromatic rings. The zero-order valence-electron chi connectivity index (χ0n) is 10.7. The Bertz CT molecular complexity index is 565. The molecule has 0 saturated carbocycles. The van der Waals surface area contributed by atoms with Crippen molar-refractivity contribution in [3.63, 3.8) is 0 Å². The van der Waals surface area contributed by atoms with E-state index >= 15 is 0 Å². The monoisotopic (exact) mass is 339 g/mol. The lowest BCUT2D eigenvalue weighted by molar-refractivity contribution is 0.453. The Hall–Kier alpha value is -1.27. The number of nitrogens with one attached hydrogen (secondary N) is 1. The van der Waals surface area contributed by atoms with Crippen molar-refractivity contribution in [2.75, 3.05) is 18.1 Å². The van der Waals surface area contributed by atoms with E-state index in [-0.39, 0.29) is 0 Å². The van der Waals surface area contributed by atoms with Crippen LogP contribution in [0.4, 0.5) is 5.82 Å². The minimum absolute atomic E-state index is 0.530. The van der Waals surface area contributed by atoms with Gasteiger partial charge in [0, 0.05) is 12.6 Å². The van der Waals surface area contributed by atoms with E-state index in [0.717, 1.165) is 22.6 Å². The summed E-state index contributed by atoms with van der Waals surface area (Å²) in [7, 11) is 0. The van der Waals surface area contributed by atoms with Crippen molar-refractivity contribution in [1.29, 1.82) is 0 Å². The normalized spacial score (nSPS) is 10.3. The number of thioether (sulfide) groups is 1. The van der Waals surface area contributed by atoms with E-state index in [1.165, 1.54) is 11.8 Å². The molecular weight excluding hydrogens is 326 g/mol. The summed E-state index contributed by atoms with van der Waals surface area (Å²) in [6.07, 6.45) is 1.94. The number of halogens is 1. The molecule has 0 radical (unpaired) electrons. The van der Waals surface area contributed by atoms with E-state index in [4.69, 9.17) is 4.74 Å². The van der Waals surface area contributed by atoms with Gasteiger partial charge in [-0.2, -0.15) is 4.98 Å². The van der Waals surface area contributed by atoms with Crippen LogP contribution in [0.15, 0.2) is 40.0 Å². The number of nitrogens with zero attached hydrogens (tertiary/aromatic N) is 2. The van der Waals surface area contributed by atoms with E-state index in [0.29, 0.717) is 11.0 Å². The smallest absolute Gasteiger partial charge is 0.225 e. The second-order valence-corrected chi connectivity index (χ2v) is 5.27. The third kappa shape index (κ3) is 3.84. The van der Waals surface area contributed by atoms with Gasteiger partial charge in [0.1, 0.15) is 11.6 Å². The van der Waals surface area contributed by atoms with Crippen LogP contribution in [-0.2, 0) is 0 Å². The molecule has 0 aliphatic rings. The number of aromatic nitrogens is 2. The Labute approximate surface area is 125 Å². The molecule has 6 heteroatoms. The fourth-order valence-electron chi connectivity index (χ4n) is 1.46. The molecule has 0 saturated heterocycles. The van der Waals surface area contributed by atoms with Gasteiger partial charge in [-0.1, -0.05) is 23.9 Å². The summed E-state index contributed by atoms with van der Waals surface area (Å²) in [6, 6.07) is 9.47. The van der Waals surface area contributed by atoms with E-state index in [9.17, 15) is 0 Å². The van der Waals surface area contributed by atoms with Crippen LogP contribution < -0.4 is 10.1 Å². The Morgan fingerprint density at radius 3 is 2.79 bits per heavy atom. The summed E-state index contributed by atoms with van der Waals surface area (Å²) in [6.45, 7) is 2.83. The lowest BCUT2D eigenvalue weighted by atomic mass is 10.3. The second kappa shape index (κ2) is 6.77. The van der Waals surface area contributed by atoms with Crippen LogP contribution in [0.3, 0.4) is 0 Å². The fourth-order valence-corrected chi connectivity index (χ4v) is 2.20. The minimum Gasteiger partial charge on any atom is -0.438 e. The zero-order chi connectivity index (χ0) is 13.7. The lowest BCUT2D eigenvalue weighted by Crippen LogP contribution is -2.02. The maximum atomic E-state index is 5.79. The fraction of sp³-hybridized carbons (Fsp3) is 0.231. The van der Waals surface area contributed by atoms with Gasteiger partial charge in [-0.3, -0.25) is 0 Å². The van der Waals surface area contributed by atoms with Crippen molar-refractivity contribution < 1.29 is 4.74 Å². The van der Waals surface area contributed by atoms with E-state index in [1.54, 1.807) is 6.07 Å². The van der Waals surface area contributed by atoms with Crippen molar-refractivity contribution in [1.82, 2.24) is 9.97 Å². The highest BCUT2D eigenvalue weighted by Gasteiger charge is 2.07. The first-order chi connectivity index (χ1) is 9.22. The number of para-hydroxylation sites is 1. The highest BCUT2D eigenvalue weighted by Crippen LogP contribution is 2.29. The van der Waals surface area contributed by atoms with Crippen molar-refractivity contribution in [2.45, 2.75) is 12.1 Å². The standard InChI is InChI=1S/C13H14BrN3OS/c1-3-15-11-8-12(17-13(16-11)19-2)18-10-7-5-4-6-9(10)14/h4-8H,3H2,1-2H3,(H,15,16,17). The summed E-state index contributed by atoms with van der Waals surface area (Å²) in [5.41, 5.74) is 0. The van der Waals surface area contributed by atoms with Gasteiger partial charge in [-0.25, -0.2) is 4.98 Å². The molecule has 100 valence electrons. The van der Waals surface area contributed by atoms with Crippen molar-refractivity contribution in [3.05, 3.63) is 34.8 Å². The third-order valence-corrected chi connectivity index (χ3v) is 3.48. The highest BCUT2D eigenvalue weighted by atomic mass is 79.9. The summed E-state index contributed by atoms with van der Waals surface area (Å²) >= 11 is 4.93. The van der Waals surface area contributed by atoms with Crippen molar-refractivity contribution >= 4 is 33.5 Å². The molecule has 1 heterocycles. The highest BCUT2D eigenvalue weighted by molar-refractivity contribution is 9.10. The third-order valence-electron chi connectivity index (χ3n) is 2.27. The molecule has 0 spiro atoms. The minimum atomic E-state index is 0.530. The molecule has 0 unspecified atom stereocenters. The van der Waals surface area contributed by atoms with E-state index < -0.39 is 0 Å². The van der Waals surface area contributed by atoms with Crippen LogP contribution in [0.1, 0.15) is 6.92 Å². The van der Waals surface area contributed by atoms with Gasteiger partial charge in [0.25, 0.3) is 0 Å². The van der Waals surface area contributed by atoms with Gasteiger partial charge in [-0.15, -0.1) is 0 Å². The van der Waals surface area contributed by atoms with Gasteiger partial charge in [-0.05, 0) is 41.2 Å². The molecule has 1 N–H and O–H groups in total. The number of rotatable bonds is 5. The van der Waals surface area contributed by atoms with Crippen molar-refractivity contribution in [3.8, 4) is 11.6 Å². The maximum Gasteiger partial charge on any atom is 0.225 e. The van der Waals surface area contributed by atoms with Crippen LogP contribution in [0.5, 0.6) is 11.6 Å². The molecule has 19 heavy (non-hydrogen) atoms. The molecular formula is C13H14BrN3OS. The first-order valence-electron chi connectivity index (χ1n) is 5.82. The number of anilines is 1. The van der Waals surface area contributed by atoms with E-state index in [2.05, 4.69) is 31.2 Å². The van der Waals surface area contributed by atoms with Gasteiger partial charge in [0.15, 0.2) is 5.16 Å². The van der Waals surface area contributed by atoms with Gasteiger partial charge >= 0.3 is 0 Å². The second-order valence-electron chi connectivity index (χ2n) is 3.64. The van der Waals surface area contributed by atoms with Gasteiger partial charge < -0.3 is 10.1 Å². The quantitative estimate of drug-likeness (QED) is 0.653. The van der Waals surface area contributed by atoms with Crippen LogP contribution in [-0.4, -0.2) is 22.8 Å². The first-order valence-corrected chi connectivity index (χ1v) is 7.84. The SMILES string of the molecule is CCNc1cc(Oc2ccccc2Br)nc(SC)n1. The first kappa shape index (κ1) is 14.1. The summed E-state index contributed by atoms with van der Waals surface area (Å²) in [4.78, 5) is 8.69. The molecule has 4 nitrogen and oxygen atoms in total. The topological polar surface area (TPSA) is 47.0 Å². The van der Waals surface area contributed by atoms with Crippen LogP contribution in [0.2, 0.25) is 0 Å². The Morgan fingerprint density at radius 1 is 1.32 bits per heavy atom. The Balaban J connectivity index is 2.29. The number of ether oxygens (including phenoxy) is 1. The predicted molar refractivity (Wildman–Crippen MR) is 82.2 cm³/mol. The van der Waals surface area contributed by atoms with E-state index in [1.807, 2.05) is 37.4 Å². The Morgan fingerprint density at radius 2 is 2.11 bits per heavy atom. The molecule has 0 aliphatic carbocycles. The largest absolute Gasteiger partial charge is 0.438 e. The molecule has 0 bridgehead atoms. The maximum absolute atomic E-state index is 5.79. The van der Waals surface area contributed by atoms with Crippen molar-refractivity contribution in [2.24, 2.45) is 0 Å². The molecule has 0 aliphatic heterocycles. The van der Waals surface area contributed by atoms with Crippen LogP contribution in [0, 0.1) is 0 Å². The molecule has 1 aromatic heterocycles. The summed E-state index contributed by atoms with van der Waals surface area (Å²) in [5, 5.41) is 3.85. The van der Waals surface area contributed by atoms with Gasteiger partial charge in [0.05, 0.1) is 4.47 Å². The summed E-state index contributed by atoms with van der Waals surface area (Å²) < 4.78 is 6.68. The van der Waals surface area contributed by atoms with Crippen LogP contribution in [0.25, 0.3) is 0 Å². The zero-order valence-corrected chi connectivity index (χ0v) is 13.1. The number of hydrogen-bond donors (Lipinski definition) is 1. The molecule has 0 atom stereocenters. The molecule has 1 aromatic carbocycles. The molecule has 0 amide bonds. The summed E-state index contributed by atoms with van der Waals surface area (Å²) in [5.74, 6) is 2.03. The number of benzene rings is 1. The Kier molecular flexibility index (Phi) is 5.04. The average Bonchev–Trinajstić information content (AvgIpc) is 2.41. The molecule has 0 fully saturated rings. The predicted octanol–water partition coefficient (Wildman–Crippen LogP) is 4.19.